The Morgan fingerprint density at radius 3 is 2.49 bits per heavy atom. The molecule has 0 aliphatic carbocycles. The molecule has 3 heterocycles. The molecule has 1 amide bonds. The zero-order valence-corrected chi connectivity index (χ0v) is 32.2. The molecule has 2 aliphatic rings. The summed E-state index contributed by atoms with van der Waals surface area (Å²) in [7, 11) is -1.23. The Labute approximate surface area is 317 Å². The molecule has 0 spiro atoms. The van der Waals surface area contributed by atoms with Crippen molar-refractivity contribution in [3.8, 4) is 16.9 Å². The average Bonchev–Trinajstić information content (AvgIpc) is 3.17. The SMILES string of the molecule is CCCCOCCOc1ccc(-c2ccc3c(c2)/C=C(/C(=O)Nc2ccc(S(=O)Cc4c(C)ccnc4C)cc2)CCCN3CC2CCOCC2)cc1. The van der Waals surface area contributed by atoms with Crippen LogP contribution in [0.3, 0.4) is 0 Å². The summed E-state index contributed by atoms with van der Waals surface area (Å²) < 4.78 is 30.4. The van der Waals surface area contributed by atoms with Gasteiger partial charge in [-0.25, -0.2) is 0 Å². The van der Waals surface area contributed by atoms with Crippen LogP contribution in [0.2, 0.25) is 0 Å². The number of hydrogen-bond acceptors (Lipinski definition) is 7. The number of benzene rings is 3. The lowest BCUT2D eigenvalue weighted by Gasteiger charge is -2.33. The van der Waals surface area contributed by atoms with Gasteiger partial charge in [0.2, 0.25) is 0 Å². The van der Waals surface area contributed by atoms with Crippen LogP contribution in [0.15, 0.2) is 89.5 Å². The number of anilines is 2. The minimum Gasteiger partial charge on any atom is -0.491 e. The second-order valence-corrected chi connectivity index (χ2v) is 15.5. The van der Waals surface area contributed by atoms with E-state index in [9.17, 15) is 9.00 Å². The maximum Gasteiger partial charge on any atom is 0.251 e. The highest BCUT2D eigenvalue weighted by atomic mass is 32.2. The molecule has 280 valence electrons. The van der Waals surface area contributed by atoms with Gasteiger partial charge in [0.05, 0.1) is 23.2 Å². The Morgan fingerprint density at radius 1 is 0.962 bits per heavy atom. The van der Waals surface area contributed by atoms with Crippen molar-refractivity contribution in [1.29, 1.82) is 0 Å². The number of ether oxygens (including phenoxy) is 3. The molecular formula is C44H53N3O5S. The van der Waals surface area contributed by atoms with Crippen LogP contribution in [-0.4, -0.2) is 61.2 Å². The van der Waals surface area contributed by atoms with E-state index in [1.165, 1.54) is 0 Å². The van der Waals surface area contributed by atoms with Gasteiger partial charge in [-0.05, 0) is 140 Å². The third-order valence-electron chi connectivity index (χ3n) is 10.2. The van der Waals surface area contributed by atoms with Crippen LogP contribution in [0.1, 0.15) is 67.8 Å². The number of fused-ring (bicyclic) bond motifs is 1. The molecule has 0 saturated carbocycles. The van der Waals surface area contributed by atoms with Crippen LogP contribution in [0.25, 0.3) is 17.2 Å². The molecule has 8 nitrogen and oxygen atoms in total. The first-order valence-electron chi connectivity index (χ1n) is 19.1. The van der Waals surface area contributed by atoms with E-state index in [1.807, 2.05) is 56.3 Å². The van der Waals surface area contributed by atoms with Crippen molar-refractivity contribution in [3.63, 3.8) is 0 Å². The van der Waals surface area contributed by atoms with Crippen LogP contribution >= 0.6 is 0 Å². The number of nitrogens with zero attached hydrogens (tertiary/aromatic N) is 2. The fourth-order valence-corrected chi connectivity index (χ4v) is 8.26. The minimum absolute atomic E-state index is 0.116. The molecule has 4 aromatic rings. The van der Waals surface area contributed by atoms with Gasteiger partial charge < -0.3 is 24.4 Å². The van der Waals surface area contributed by atoms with Gasteiger partial charge in [-0.1, -0.05) is 31.5 Å². The van der Waals surface area contributed by atoms with Crippen molar-refractivity contribution >= 4 is 34.2 Å². The number of carbonyl (C=O) groups is 1. The van der Waals surface area contributed by atoms with Gasteiger partial charge in [-0.2, -0.15) is 0 Å². The maximum atomic E-state index is 13.8. The van der Waals surface area contributed by atoms with Crippen LogP contribution < -0.4 is 15.0 Å². The number of amides is 1. The molecule has 9 heteroatoms. The molecule has 1 unspecified atom stereocenters. The van der Waals surface area contributed by atoms with Crippen molar-refractivity contribution < 1.29 is 23.2 Å². The maximum absolute atomic E-state index is 13.8. The van der Waals surface area contributed by atoms with E-state index in [4.69, 9.17) is 14.2 Å². The number of pyridine rings is 1. The molecule has 0 bridgehead atoms. The van der Waals surface area contributed by atoms with Gasteiger partial charge in [-0.15, -0.1) is 0 Å². The topological polar surface area (TPSA) is 90.0 Å². The summed E-state index contributed by atoms with van der Waals surface area (Å²) >= 11 is 0. The van der Waals surface area contributed by atoms with E-state index in [-0.39, 0.29) is 5.91 Å². The first-order chi connectivity index (χ1) is 25.9. The van der Waals surface area contributed by atoms with Crippen molar-refractivity contribution in [2.75, 3.05) is 56.3 Å². The normalized spacial score (nSPS) is 16.5. The number of nitrogens with one attached hydrogen (secondary N) is 1. The summed E-state index contributed by atoms with van der Waals surface area (Å²) in [5, 5.41) is 3.12. The van der Waals surface area contributed by atoms with Crippen LogP contribution in [-0.2, 0) is 30.8 Å². The average molecular weight is 736 g/mol. The molecule has 1 aromatic heterocycles. The van der Waals surface area contributed by atoms with Gasteiger partial charge in [0.25, 0.3) is 5.91 Å². The number of hydrogen-bond donors (Lipinski definition) is 1. The monoisotopic (exact) mass is 735 g/mol. The number of unbranched alkanes of at least 4 members (excludes halogenated alkanes) is 1. The fraction of sp³-hybridized carbons (Fsp3) is 0.409. The zero-order chi connectivity index (χ0) is 37.0. The summed E-state index contributed by atoms with van der Waals surface area (Å²) in [6.45, 7) is 11.5. The van der Waals surface area contributed by atoms with Crippen molar-refractivity contribution in [2.24, 2.45) is 5.92 Å². The van der Waals surface area contributed by atoms with E-state index >= 15 is 0 Å². The lowest BCUT2D eigenvalue weighted by molar-refractivity contribution is -0.112. The second kappa shape index (κ2) is 19.1. The second-order valence-electron chi connectivity index (χ2n) is 14.0. The quantitative estimate of drug-likeness (QED) is 0.122. The van der Waals surface area contributed by atoms with Gasteiger partial charge in [0.15, 0.2) is 0 Å². The van der Waals surface area contributed by atoms with Crippen LogP contribution in [0.5, 0.6) is 5.75 Å². The molecule has 1 fully saturated rings. The Kier molecular flexibility index (Phi) is 13.9. The number of aryl methyl sites for hydroxylation is 2. The predicted molar refractivity (Wildman–Crippen MR) is 215 cm³/mol. The Bertz CT molecular complexity index is 1850. The molecule has 1 atom stereocenters. The molecule has 53 heavy (non-hydrogen) atoms. The van der Waals surface area contributed by atoms with Crippen molar-refractivity contribution in [2.45, 2.75) is 69.9 Å². The molecule has 1 N–H and O–H groups in total. The first-order valence-corrected chi connectivity index (χ1v) is 20.4. The molecule has 0 radical (unpaired) electrons. The summed E-state index contributed by atoms with van der Waals surface area (Å²) in [5.74, 6) is 1.69. The Balaban J connectivity index is 1.18. The highest BCUT2D eigenvalue weighted by molar-refractivity contribution is 7.84. The fourth-order valence-electron chi connectivity index (χ4n) is 6.96. The summed E-state index contributed by atoms with van der Waals surface area (Å²) in [6, 6.07) is 24.1. The van der Waals surface area contributed by atoms with E-state index in [0.717, 1.165) is 120 Å². The first kappa shape index (κ1) is 38.4. The summed E-state index contributed by atoms with van der Waals surface area (Å²) in [6.07, 6.45) is 9.72. The summed E-state index contributed by atoms with van der Waals surface area (Å²) in [5.41, 5.74) is 8.78. The molecule has 6 rings (SSSR count). The van der Waals surface area contributed by atoms with E-state index in [0.29, 0.717) is 37.0 Å². The van der Waals surface area contributed by atoms with Crippen molar-refractivity contribution in [1.82, 2.24) is 4.98 Å². The predicted octanol–water partition coefficient (Wildman–Crippen LogP) is 8.92. The number of carbonyl (C=O) groups excluding carboxylic acids is 1. The molecule has 2 aliphatic heterocycles. The summed E-state index contributed by atoms with van der Waals surface area (Å²) in [4.78, 5) is 21.4. The largest absolute Gasteiger partial charge is 0.491 e. The van der Waals surface area contributed by atoms with E-state index in [2.05, 4.69) is 58.5 Å². The smallest absolute Gasteiger partial charge is 0.251 e. The lowest BCUT2D eigenvalue weighted by atomic mass is 9.94. The minimum atomic E-state index is -1.23. The number of aromatic nitrogens is 1. The standard InChI is InChI=1S/C44H53N3O5S/c1-4-5-23-50-26-27-52-40-13-8-35(9-14-40)36-10-17-43-38(28-36)29-37(7-6-22-47(43)30-34-19-24-51-25-20-34)44(48)46-39-11-15-41(16-12-39)53(49)31-42-32(2)18-21-45-33(42)3/h8-18,21,28-29,34H,4-7,19-20,22-27,30-31H2,1-3H3,(H,46,48)/b37-29+. The molecular weight excluding hydrogens is 683 g/mol. The molecule has 3 aromatic carbocycles. The lowest BCUT2D eigenvalue weighted by Crippen LogP contribution is -2.34. The van der Waals surface area contributed by atoms with Gasteiger partial charge in [-0.3, -0.25) is 14.0 Å². The third-order valence-corrected chi connectivity index (χ3v) is 11.5. The highest BCUT2D eigenvalue weighted by Crippen LogP contribution is 2.34. The highest BCUT2D eigenvalue weighted by Gasteiger charge is 2.23. The van der Waals surface area contributed by atoms with E-state index < -0.39 is 10.8 Å². The van der Waals surface area contributed by atoms with Crippen LogP contribution in [0, 0.1) is 19.8 Å². The molecule has 1 saturated heterocycles. The van der Waals surface area contributed by atoms with Gasteiger partial charge >= 0.3 is 0 Å². The Morgan fingerprint density at radius 2 is 1.74 bits per heavy atom. The van der Waals surface area contributed by atoms with Gasteiger partial charge in [0.1, 0.15) is 12.4 Å². The van der Waals surface area contributed by atoms with Crippen molar-refractivity contribution in [3.05, 3.63) is 107 Å². The third kappa shape index (κ3) is 10.6. The van der Waals surface area contributed by atoms with Crippen LogP contribution in [0.4, 0.5) is 11.4 Å². The zero-order valence-electron chi connectivity index (χ0n) is 31.4. The number of rotatable bonds is 15. The van der Waals surface area contributed by atoms with Gasteiger partial charge in [0, 0.05) is 66.6 Å². The van der Waals surface area contributed by atoms with E-state index in [1.54, 1.807) is 6.20 Å². The Hall–Kier alpha value is -4.31.